The van der Waals surface area contributed by atoms with Crippen LogP contribution in [0.4, 0.5) is 18.9 Å². The molecule has 0 atom stereocenters. The number of anilines is 1. The zero-order chi connectivity index (χ0) is 23.4. The lowest BCUT2D eigenvalue weighted by atomic mass is 9.95. The number of nitrogens with zero attached hydrogens (tertiary/aromatic N) is 3. The summed E-state index contributed by atoms with van der Waals surface area (Å²) in [6.45, 7) is 2.94. The number of imidazole rings is 1. The van der Waals surface area contributed by atoms with Gasteiger partial charge in [-0.1, -0.05) is 0 Å². The molecular weight excluding hydrogens is 457 g/mol. The van der Waals surface area contributed by atoms with Crippen molar-refractivity contribution in [2.45, 2.75) is 31.4 Å². The molecule has 168 valence electrons. The molecule has 3 rings (SSSR count). The van der Waals surface area contributed by atoms with E-state index in [0.29, 0.717) is 22.4 Å². The molecule has 0 aliphatic carbocycles. The molecule has 0 unspecified atom stereocenters. The number of nitrogens with one attached hydrogen (secondary N) is 1. The topological polar surface area (TPSA) is 114 Å². The molecule has 13 heteroatoms. The Hall–Kier alpha value is -2.51. The zero-order valence-electron chi connectivity index (χ0n) is 16.9. The van der Waals surface area contributed by atoms with Crippen molar-refractivity contribution in [2.24, 2.45) is 7.05 Å². The summed E-state index contributed by atoms with van der Waals surface area (Å²) in [6.07, 6.45) is -3.60. The first-order valence-electron chi connectivity index (χ1n) is 8.80. The van der Waals surface area contributed by atoms with Gasteiger partial charge >= 0.3 is 6.18 Å². The lowest BCUT2D eigenvalue weighted by Gasteiger charge is -2.22. The van der Waals surface area contributed by atoms with Gasteiger partial charge in [-0.15, -0.1) is 11.3 Å². The van der Waals surface area contributed by atoms with Gasteiger partial charge in [0.2, 0.25) is 0 Å². The molecule has 2 aromatic heterocycles. The molecule has 0 fully saturated rings. The summed E-state index contributed by atoms with van der Waals surface area (Å²) in [5, 5.41) is 13.4. The molecule has 0 aliphatic rings. The minimum Gasteiger partial charge on any atom is -0.386 e. The maximum absolute atomic E-state index is 12.8. The molecule has 0 spiro atoms. The van der Waals surface area contributed by atoms with Crippen LogP contribution in [0.1, 0.15) is 40.7 Å². The van der Waals surface area contributed by atoms with E-state index >= 15 is 0 Å². The van der Waals surface area contributed by atoms with Crippen LogP contribution in [0.15, 0.2) is 17.5 Å². The number of alkyl halides is 3. The number of halogens is 3. The number of hydrogen-bond acceptors (Lipinski definition) is 7. The summed E-state index contributed by atoms with van der Waals surface area (Å²) in [4.78, 5) is 20.2. The fraction of sp³-hybridized carbons (Fsp3) is 0.389. The van der Waals surface area contributed by atoms with Crippen LogP contribution >= 0.6 is 11.3 Å². The van der Waals surface area contributed by atoms with E-state index in [2.05, 4.69) is 15.3 Å². The molecule has 0 saturated heterocycles. The molecule has 31 heavy (non-hydrogen) atoms. The molecule has 2 heterocycles. The minimum atomic E-state index is -4.67. The van der Waals surface area contributed by atoms with Crippen molar-refractivity contribution in [1.29, 1.82) is 0 Å². The number of amides is 1. The van der Waals surface area contributed by atoms with Crippen molar-refractivity contribution in [1.82, 2.24) is 14.5 Å². The van der Waals surface area contributed by atoms with E-state index in [-0.39, 0.29) is 22.8 Å². The number of hydrogen-bond donors (Lipinski definition) is 2. The summed E-state index contributed by atoms with van der Waals surface area (Å²) in [5.41, 5.74) is -1.35. The molecule has 2 N–H and O–H groups in total. The molecule has 0 aliphatic heterocycles. The van der Waals surface area contributed by atoms with Crippen LogP contribution in [0.2, 0.25) is 0 Å². The normalized spacial score (nSPS) is 13.0. The smallest absolute Gasteiger partial charge is 0.386 e. The number of aromatic nitrogens is 3. The van der Waals surface area contributed by atoms with Gasteiger partial charge in [0.25, 0.3) is 5.91 Å². The molecule has 1 aromatic carbocycles. The van der Waals surface area contributed by atoms with Crippen molar-refractivity contribution in [3.8, 4) is 0 Å². The van der Waals surface area contributed by atoms with Crippen LogP contribution in [-0.2, 0) is 34.4 Å². The summed E-state index contributed by atoms with van der Waals surface area (Å²) < 4.78 is 63.2. The predicted molar refractivity (Wildman–Crippen MR) is 110 cm³/mol. The molecule has 3 aromatic rings. The van der Waals surface area contributed by atoms with E-state index in [0.717, 1.165) is 11.6 Å². The number of carbonyl (C=O) groups excluding carboxylic acids is 1. The Morgan fingerprint density at radius 3 is 2.42 bits per heavy atom. The largest absolute Gasteiger partial charge is 0.434 e. The van der Waals surface area contributed by atoms with Crippen LogP contribution in [0.25, 0.3) is 11.0 Å². The number of aryl methyl sites for hydroxylation is 1. The van der Waals surface area contributed by atoms with Gasteiger partial charge < -0.3 is 15.0 Å². The Morgan fingerprint density at radius 1 is 1.26 bits per heavy atom. The SMILES string of the molecule is Cn1c(CS(C)(=O)=O)nc2cc(C(C)(C)O)c(NC(=O)c3nc(C(F)(F)F)cs3)cc21. The third kappa shape index (κ3) is 5.05. The number of sulfone groups is 1. The first-order chi connectivity index (χ1) is 14.1. The lowest BCUT2D eigenvalue weighted by molar-refractivity contribution is -0.140. The van der Waals surface area contributed by atoms with E-state index in [1.54, 1.807) is 7.05 Å². The number of aliphatic hydroxyl groups is 1. The van der Waals surface area contributed by atoms with Gasteiger partial charge in [0.05, 0.1) is 16.6 Å². The standard InChI is InChI=1S/C18H19F3N4O4S2/c1-17(2,27)9-5-11-12(25(3)14(22-11)8-31(4,28)29)6-10(9)23-15(26)16-24-13(7-30-16)18(19,20)21/h5-7,27H,8H2,1-4H3,(H,23,26). The Labute approximate surface area is 179 Å². The summed E-state index contributed by atoms with van der Waals surface area (Å²) in [5.74, 6) is -0.918. The highest BCUT2D eigenvalue weighted by molar-refractivity contribution is 7.89. The second-order valence-electron chi connectivity index (χ2n) is 7.59. The van der Waals surface area contributed by atoms with Gasteiger partial charge in [-0.2, -0.15) is 13.2 Å². The number of carbonyl (C=O) groups is 1. The van der Waals surface area contributed by atoms with Crippen LogP contribution in [0.5, 0.6) is 0 Å². The average Bonchev–Trinajstić information content (AvgIpc) is 3.19. The second kappa shape index (κ2) is 7.57. The number of thiazole rings is 1. The maximum atomic E-state index is 12.8. The van der Waals surface area contributed by atoms with Gasteiger partial charge in [0.1, 0.15) is 11.6 Å². The van der Waals surface area contributed by atoms with Crippen LogP contribution in [0, 0.1) is 0 Å². The summed E-state index contributed by atoms with van der Waals surface area (Å²) in [7, 11) is -1.76. The highest BCUT2D eigenvalue weighted by Crippen LogP contribution is 2.34. The molecular formula is C18H19F3N4O4S2. The van der Waals surface area contributed by atoms with Crippen molar-refractivity contribution in [2.75, 3.05) is 11.6 Å². The van der Waals surface area contributed by atoms with E-state index in [1.165, 1.54) is 30.5 Å². The Balaban J connectivity index is 2.06. The molecule has 1 amide bonds. The quantitative estimate of drug-likeness (QED) is 0.585. The minimum absolute atomic E-state index is 0.141. The fourth-order valence-electron chi connectivity index (χ4n) is 2.95. The van der Waals surface area contributed by atoms with Crippen LogP contribution in [-0.4, -0.2) is 40.2 Å². The van der Waals surface area contributed by atoms with E-state index in [4.69, 9.17) is 0 Å². The van der Waals surface area contributed by atoms with Gasteiger partial charge in [0.15, 0.2) is 20.5 Å². The predicted octanol–water partition coefficient (Wildman–Crippen LogP) is 3.07. The molecule has 0 saturated carbocycles. The van der Waals surface area contributed by atoms with E-state index in [1.807, 2.05) is 0 Å². The van der Waals surface area contributed by atoms with Crippen molar-refractivity contribution < 1.29 is 31.5 Å². The van der Waals surface area contributed by atoms with E-state index in [9.17, 15) is 31.5 Å². The summed E-state index contributed by atoms with van der Waals surface area (Å²) >= 11 is 0.544. The maximum Gasteiger partial charge on any atom is 0.434 e. The number of rotatable bonds is 5. The summed E-state index contributed by atoms with van der Waals surface area (Å²) in [6, 6.07) is 2.98. The third-order valence-electron chi connectivity index (χ3n) is 4.40. The first-order valence-corrected chi connectivity index (χ1v) is 11.7. The first kappa shape index (κ1) is 23.2. The van der Waals surface area contributed by atoms with Gasteiger partial charge in [0, 0.05) is 29.9 Å². The Bertz CT molecular complexity index is 1270. The Morgan fingerprint density at radius 2 is 1.90 bits per heavy atom. The fourth-order valence-corrected chi connectivity index (χ4v) is 4.39. The Kier molecular flexibility index (Phi) is 5.65. The van der Waals surface area contributed by atoms with Gasteiger partial charge in [-0.05, 0) is 26.0 Å². The van der Waals surface area contributed by atoms with Crippen molar-refractivity contribution in [3.63, 3.8) is 0 Å². The second-order valence-corrected chi connectivity index (χ2v) is 10.6. The number of fused-ring (bicyclic) bond motifs is 1. The van der Waals surface area contributed by atoms with Gasteiger partial charge in [-0.25, -0.2) is 18.4 Å². The third-order valence-corrected chi connectivity index (χ3v) is 6.02. The van der Waals surface area contributed by atoms with Crippen LogP contribution in [0.3, 0.4) is 0 Å². The van der Waals surface area contributed by atoms with Crippen molar-refractivity contribution in [3.05, 3.63) is 39.6 Å². The van der Waals surface area contributed by atoms with Crippen molar-refractivity contribution >= 4 is 43.8 Å². The molecule has 0 bridgehead atoms. The zero-order valence-corrected chi connectivity index (χ0v) is 18.5. The number of benzene rings is 1. The molecule has 0 radical (unpaired) electrons. The van der Waals surface area contributed by atoms with Crippen LogP contribution < -0.4 is 5.32 Å². The highest BCUT2D eigenvalue weighted by Gasteiger charge is 2.34. The highest BCUT2D eigenvalue weighted by atomic mass is 32.2. The molecule has 8 nitrogen and oxygen atoms in total. The van der Waals surface area contributed by atoms with Gasteiger partial charge in [-0.3, -0.25) is 4.79 Å². The monoisotopic (exact) mass is 476 g/mol. The lowest BCUT2D eigenvalue weighted by Crippen LogP contribution is -2.21. The average molecular weight is 477 g/mol. The van der Waals surface area contributed by atoms with E-state index < -0.39 is 38.2 Å².